The highest BCUT2D eigenvalue weighted by Crippen LogP contribution is 2.23. The molecule has 0 aliphatic carbocycles. The van der Waals surface area contributed by atoms with Crippen LogP contribution >= 0.6 is 0 Å². The van der Waals surface area contributed by atoms with Crippen LogP contribution < -0.4 is 0 Å². The largest absolute Gasteiger partial charge is 0.393 e. The maximum atomic E-state index is 12.6. The molecule has 4 heteroatoms. The first-order valence-corrected chi connectivity index (χ1v) is 7.20. The van der Waals surface area contributed by atoms with Crippen molar-refractivity contribution in [1.82, 2.24) is 4.90 Å². The van der Waals surface area contributed by atoms with Gasteiger partial charge in [-0.3, -0.25) is 4.79 Å². The molecule has 1 saturated heterocycles. The minimum atomic E-state index is -0.384. The molecule has 1 aromatic rings. The third-order valence-electron chi connectivity index (χ3n) is 3.97. The van der Waals surface area contributed by atoms with Crippen LogP contribution in [0, 0.1) is 24.7 Å². The van der Waals surface area contributed by atoms with Crippen molar-refractivity contribution in [2.45, 2.75) is 26.4 Å². The van der Waals surface area contributed by atoms with Crippen molar-refractivity contribution in [1.29, 1.82) is 0 Å². The Morgan fingerprint density at radius 2 is 2.29 bits per heavy atom. The summed E-state index contributed by atoms with van der Waals surface area (Å²) in [4.78, 5) is 14.4. The zero-order valence-electron chi connectivity index (χ0n) is 12.5. The summed E-state index contributed by atoms with van der Waals surface area (Å²) in [5, 5.41) is 18.4. The fraction of sp³-hybridized carbons (Fsp3) is 0.471. The highest BCUT2D eigenvalue weighted by Gasteiger charge is 2.30. The Hall–Kier alpha value is -1.83. The van der Waals surface area contributed by atoms with Crippen LogP contribution in [-0.2, 0) is 0 Å². The van der Waals surface area contributed by atoms with E-state index in [0.29, 0.717) is 18.7 Å². The molecule has 21 heavy (non-hydrogen) atoms. The number of rotatable bonds is 2. The minimum Gasteiger partial charge on any atom is -0.393 e. The van der Waals surface area contributed by atoms with Crippen LogP contribution in [0.5, 0.6) is 0 Å². The average molecular weight is 287 g/mol. The summed E-state index contributed by atoms with van der Waals surface area (Å²) < 4.78 is 0. The first-order chi connectivity index (χ1) is 10.0. The van der Waals surface area contributed by atoms with Gasteiger partial charge < -0.3 is 15.1 Å². The fourth-order valence-electron chi connectivity index (χ4n) is 2.61. The molecular formula is C17H21NO3. The van der Waals surface area contributed by atoms with Gasteiger partial charge in [-0.15, -0.1) is 0 Å². The zero-order chi connectivity index (χ0) is 15.4. The molecule has 2 unspecified atom stereocenters. The van der Waals surface area contributed by atoms with Crippen molar-refractivity contribution in [3.8, 4) is 11.8 Å². The molecule has 0 radical (unpaired) electrons. The topological polar surface area (TPSA) is 60.8 Å². The molecule has 0 spiro atoms. The number of carbonyl (C=O) groups excluding carboxylic acids is 1. The lowest BCUT2D eigenvalue weighted by Gasteiger charge is -2.19. The molecule has 2 rings (SSSR count). The van der Waals surface area contributed by atoms with Crippen LogP contribution in [0.2, 0.25) is 0 Å². The summed E-state index contributed by atoms with van der Waals surface area (Å²) in [6.07, 6.45) is 0.456. The van der Waals surface area contributed by atoms with E-state index >= 15 is 0 Å². The van der Waals surface area contributed by atoms with Gasteiger partial charge in [-0.25, -0.2) is 0 Å². The van der Waals surface area contributed by atoms with E-state index in [4.69, 9.17) is 5.11 Å². The van der Waals surface area contributed by atoms with Crippen molar-refractivity contribution in [2.24, 2.45) is 5.92 Å². The lowest BCUT2D eigenvalue weighted by molar-refractivity contribution is 0.0761. The van der Waals surface area contributed by atoms with E-state index in [1.54, 1.807) is 17.9 Å². The lowest BCUT2D eigenvalue weighted by atomic mass is 10.0. The van der Waals surface area contributed by atoms with E-state index < -0.39 is 0 Å². The summed E-state index contributed by atoms with van der Waals surface area (Å²) in [6.45, 7) is 4.76. The van der Waals surface area contributed by atoms with Gasteiger partial charge in [0.1, 0.15) is 6.61 Å². The second-order valence-electron chi connectivity index (χ2n) is 5.53. The predicted molar refractivity (Wildman–Crippen MR) is 80.8 cm³/mol. The average Bonchev–Trinajstić information content (AvgIpc) is 2.95. The molecular weight excluding hydrogens is 266 g/mol. The van der Waals surface area contributed by atoms with Crippen LogP contribution in [0.15, 0.2) is 18.2 Å². The van der Waals surface area contributed by atoms with Crippen molar-refractivity contribution < 1.29 is 15.0 Å². The Bertz CT molecular complexity index is 583. The van der Waals surface area contributed by atoms with Gasteiger partial charge in [-0.2, -0.15) is 0 Å². The molecule has 1 aromatic carbocycles. The van der Waals surface area contributed by atoms with E-state index in [-0.39, 0.29) is 24.5 Å². The molecule has 112 valence electrons. The Balaban J connectivity index is 2.19. The third kappa shape index (κ3) is 3.63. The van der Waals surface area contributed by atoms with Gasteiger partial charge in [-0.05, 0) is 38.0 Å². The quantitative estimate of drug-likeness (QED) is 0.803. The highest BCUT2D eigenvalue weighted by molar-refractivity contribution is 5.96. The van der Waals surface area contributed by atoms with Crippen LogP contribution in [0.4, 0.5) is 0 Å². The standard InChI is InChI=1S/C17H21NO3/c1-12-5-6-14(4-3-9-19)10-16(12)17(21)18-8-7-15(11-18)13(2)20/h5-6,10,13,15,19-20H,7-9,11H2,1-2H3. The van der Waals surface area contributed by atoms with Crippen molar-refractivity contribution in [2.75, 3.05) is 19.7 Å². The number of aryl methyl sites for hydroxylation is 1. The summed E-state index contributed by atoms with van der Waals surface area (Å²) >= 11 is 0. The SMILES string of the molecule is Cc1ccc(C#CCO)cc1C(=O)N1CCC(C(C)O)C1. The number of hydrogen-bond donors (Lipinski definition) is 2. The van der Waals surface area contributed by atoms with Gasteiger partial charge in [0, 0.05) is 30.1 Å². The normalized spacial score (nSPS) is 19.0. The Morgan fingerprint density at radius 1 is 1.52 bits per heavy atom. The highest BCUT2D eigenvalue weighted by atomic mass is 16.3. The molecule has 2 atom stereocenters. The van der Waals surface area contributed by atoms with Gasteiger partial charge in [0.25, 0.3) is 5.91 Å². The number of aliphatic hydroxyl groups is 2. The molecule has 1 aliphatic rings. The van der Waals surface area contributed by atoms with Crippen LogP contribution in [0.25, 0.3) is 0 Å². The van der Waals surface area contributed by atoms with E-state index in [9.17, 15) is 9.90 Å². The summed E-state index contributed by atoms with van der Waals surface area (Å²) in [5.41, 5.74) is 2.28. The molecule has 1 fully saturated rings. The van der Waals surface area contributed by atoms with Crippen molar-refractivity contribution in [3.63, 3.8) is 0 Å². The monoisotopic (exact) mass is 287 g/mol. The van der Waals surface area contributed by atoms with Crippen LogP contribution in [0.3, 0.4) is 0 Å². The third-order valence-corrected chi connectivity index (χ3v) is 3.97. The lowest BCUT2D eigenvalue weighted by Crippen LogP contribution is -2.30. The molecule has 0 bridgehead atoms. The van der Waals surface area contributed by atoms with Crippen molar-refractivity contribution in [3.05, 3.63) is 34.9 Å². The predicted octanol–water partition coefficient (Wildman–Crippen LogP) is 1.18. The number of aliphatic hydroxyl groups excluding tert-OH is 2. The van der Waals surface area contributed by atoms with E-state index in [0.717, 1.165) is 17.5 Å². The first kappa shape index (κ1) is 15.6. The van der Waals surface area contributed by atoms with Gasteiger partial charge >= 0.3 is 0 Å². The van der Waals surface area contributed by atoms with Crippen LogP contribution in [-0.4, -0.2) is 46.8 Å². The number of hydrogen-bond acceptors (Lipinski definition) is 3. The van der Waals surface area contributed by atoms with Gasteiger partial charge in [0.2, 0.25) is 0 Å². The summed E-state index contributed by atoms with van der Waals surface area (Å²) in [5.74, 6) is 5.56. The fourth-order valence-corrected chi connectivity index (χ4v) is 2.61. The number of likely N-dealkylation sites (tertiary alicyclic amines) is 1. The van der Waals surface area contributed by atoms with E-state index in [1.165, 1.54) is 0 Å². The summed E-state index contributed by atoms with van der Waals surface area (Å²) in [7, 11) is 0. The molecule has 1 heterocycles. The smallest absolute Gasteiger partial charge is 0.254 e. The zero-order valence-corrected chi connectivity index (χ0v) is 12.5. The number of nitrogens with zero attached hydrogens (tertiary/aromatic N) is 1. The maximum absolute atomic E-state index is 12.6. The molecule has 0 aromatic heterocycles. The first-order valence-electron chi connectivity index (χ1n) is 7.20. The minimum absolute atomic E-state index is 0.0108. The van der Waals surface area contributed by atoms with Gasteiger partial charge in [-0.1, -0.05) is 17.9 Å². The second kappa shape index (κ2) is 6.75. The maximum Gasteiger partial charge on any atom is 0.254 e. The Labute approximate surface area is 125 Å². The molecule has 2 N–H and O–H groups in total. The molecule has 0 saturated carbocycles. The Kier molecular flexibility index (Phi) is 5.00. The van der Waals surface area contributed by atoms with Gasteiger partial charge in [0.15, 0.2) is 0 Å². The van der Waals surface area contributed by atoms with E-state index in [1.807, 2.05) is 19.1 Å². The molecule has 4 nitrogen and oxygen atoms in total. The Morgan fingerprint density at radius 3 is 2.90 bits per heavy atom. The van der Waals surface area contributed by atoms with Crippen LogP contribution in [0.1, 0.15) is 34.8 Å². The summed E-state index contributed by atoms with van der Waals surface area (Å²) in [6, 6.07) is 5.49. The van der Waals surface area contributed by atoms with E-state index in [2.05, 4.69) is 11.8 Å². The second-order valence-corrected chi connectivity index (χ2v) is 5.53. The van der Waals surface area contributed by atoms with Crippen molar-refractivity contribution >= 4 is 5.91 Å². The molecule has 1 amide bonds. The molecule has 1 aliphatic heterocycles. The number of amides is 1. The number of carbonyl (C=O) groups is 1. The number of benzene rings is 1. The van der Waals surface area contributed by atoms with Gasteiger partial charge in [0.05, 0.1) is 6.10 Å².